The summed E-state index contributed by atoms with van der Waals surface area (Å²) in [6, 6.07) is 13.3. The number of allylic oxidation sites excluding steroid dienone is 1. The molecule has 0 aliphatic carbocycles. The van der Waals surface area contributed by atoms with Crippen LogP contribution in [0.1, 0.15) is 44.4 Å². The van der Waals surface area contributed by atoms with E-state index in [4.69, 9.17) is 9.47 Å². The summed E-state index contributed by atoms with van der Waals surface area (Å²) in [6.45, 7) is 10.4. The van der Waals surface area contributed by atoms with Gasteiger partial charge in [0.1, 0.15) is 17.5 Å². The minimum Gasteiger partial charge on any atom is -0.487 e. The summed E-state index contributed by atoms with van der Waals surface area (Å²) < 4.78 is 49.5. The van der Waals surface area contributed by atoms with Crippen molar-refractivity contribution in [2.24, 2.45) is 0 Å². The topological polar surface area (TPSA) is 59.3 Å². The molecule has 1 atom stereocenters. The van der Waals surface area contributed by atoms with Gasteiger partial charge in [0.2, 0.25) is 0 Å². The third-order valence-electron chi connectivity index (χ3n) is 4.83. The Balaban J connectivity index is 2.14. The van der Waals surface area contributed by atoms with E-state index in [0.29, 0.717) is 22.4 Å². The fraction of sp³-hybridized carbons (Fsp3) is 0.280. The third kappa shape index (κ3) is 6.48. The number of nitriles is 1. The summed E-state index contributed by atoms with van der Waals surface area (Å²) >= 11 is 0. The number of alkyl halides is 3. The molecule has 0 aliphatic rings. The van der Waals surface area contributed by atoms with Gasteiger partial charge in [0, 0.05) is 5.57 Å². The smallest absolute Gasteiger partial charge is 0.416 e. The summed E-state index contributed by atoms with van der Waals surface area (Å²) in [5, 5.41) is 9.43. The first-order valence-corrected chi connectivity index (χ1v) is 9.78. The molecule has 0 N–H and O–H groups in total. The molecule has 0 spiro atoms. The lowest BCUT2D eigenvalue weighted by atomic mass is 10.0. The molecule has 0 saturated carbocycles. The lowest BCUT2D eigenvalue weighted by Crippen LogP contribution is -2.42. The van der Waals surface area contributed by atoms with Crippen LogP contribution in [-0.4, -0.2) is 17.7 Å². The Kier molecular flexibility index (Phi) is 7.52. The molecular weight excluding hydrogens is 419 g/mol. The molecule has 0 heterocycles. The van der Waals surface area contributed by atoms with Crippen LogP contribution >= 0.6 is 0 Å². The van der Waals surface area contributed by atoms with E-state index in [-0.39, 0.29) is 5.57 Å². The predicted molar refractivity (Wildman–Crippen MR) is 116 cm³/mol. The third-order valence-corrected chi connectivity index (χ3v) is 4.83. The second-order valence-electron chi connectivity index (χ2n) is 7.85. The van der Waals surface area contributed by atoms with Crippen LogP contribution in [0.25, 0.3) is 11.6 Å². The standard InChI is InChI=1S/C25H24F3NO3/c1-16(2)23(30)32-24(4,5)17(3)31-22-12-6-18(7-13-22)14-20(15-29)19-8-10-21(11-9-19)25(26,27)28/h6-14,17H,1H2,2-5H3/b20-14+. The van der Waals surface area contributed by atoms with E-state index >= 15 is 0 Å². The SMILES string of the molecule is C=C(C)C(=O)OC(C)(C)C(C)Oc1ccc(/C=C(\C#N)c2ccc(C(F)(F)F)cc2)cc1. The molecule has 0 bridgehead atoms. The van der Waals surface area contributed by atoms with Crippen LogP contribution in [0.3, 0.4) is 0 Å². The van der Waals surface area contributed by atoms with Crippen LogP contribution in [0.4, 0.5) is 13.2 Å². The normalized spacial score (nSPS) is 13.1. The molecule has 0 saturated heterocycles. The van der Waals surface area contributed by atoms with Gasteiger partial charge in [0.15, 0.2) is 0 Å². The Morgan fingerprint density at radius 2 is 1.66 bits per heavy atom. The van der Waals surface area contributed by atoms with Crippen molar-refractivity contribution < 1.29 is 27.4 Å². The molecule has 32 heavy (non-hydrogen) atoms. The molecule has 4 nitrogen and oxygen atoms in total. The van der Waals surface area contributed by atoms with E-state index in [9.17, 15) is 23.2 Å². The van der Waals surface area contributed by atoms with Crippen molar-refractivity contribution in [3.8, 4) is 11.8 Å². The highest BCUT2D eigenvalue weighted by Gasteiger charge is 2.32. The largest absolute Gasteiger partial charge is 0.487 e. The Morgan fingerprint density at radius 3 is 2.12 bits per heavy atom. The molecule has 168 valence electrons. The Bertz CT molecular complexity index is 1040. The van der Waals surface area contributed by atoms with Crippen LogP contribution in [0.2, 0.25) is 0 Å². The number of esters is 1. The zero-order chi connectivity index (χ0) is 24.1. The number of ether oxygens (including phenoxy) is 2. The molecule has 0 amide bonds. The second kappa shape index (κ2) is 9.73. The minimum absolute atomic E-state index is 0.230. The fourth-order valence-corrected chi connectivity index (χ4v) is 2.58. The molecule has 1 unspecified atom stereocenters. The predicted octanol–water partition coefficient (Wildman–Crippen LogP) is 6.43. The highest BCUT2D eigenvalue weighted by Crippen LogP contribution is 2.30. The van der Waals surface area contributed by atoms with Crippen molar-refractivity contribution in [3.05, 3.63) is 77.4 Å². The van der Waals surface area contributed by atoms with E-state index in [1.54, 1.807) is 58.0 Å². The number of halogens is 3. The quantitative estimate of drug-likeness (QED) is 0.214. The average molecular weight is 443 g/mol. The first kappa shape index (κ1) is 24.7. The van der Waals surface area contributed by atoms with Crippen molar-refractivity contribution in [3.63, 3.8) is 0 Å². The maximum Gasteiger partial charge on any atom is 0.416 e. The lowest BCUT2D eigenvalue weighted by Gasteiger charge is -2.31. The van der Waals surface area contributed by atoms with Gasteiger partial charge >= 0.3 is 12.1 Å². The molecule has 2 rings (SSSR count). The van der Waals surface area contributed by atoms with Crippen molar-refractivity contribution in [2.45, 2.75) is 45.6 Å². The molecule has 2 aromatic rings. The van der Waals surface area contributed by atoms with Crippen LogP contribution in [0, 0.1) is 11.3 Å². The van der Waals surface area contributed by atoms with E-state index in [1.807, 2.05) is 6.07 Å². The highest BCUT2D eigenvalue weighted by molar-refractivity contribution is 5.89. The number of rotatable bonds is 7. The lowest BCUT2D eigenvalue weighted by molar-refractivity contribution is -0.159. The summed E-state index contributed by atoms with van der Waals surface area (Å²) in [6.07, 6.45) is -3.32. The molecule has 0 radical (unpaired) electrons. The molecule has 7 heteroatoms. The summed E-state index contributed by atoms with van der Waals surface area (Å²) in [5.41, 5.74) is -0.0853. The second-order valence-corrected chi connectivity index (χ2v) is 7.85. The van der Waals surface area contributed by atoms with Crippen LogP contribution in [0.15, 0.2) is 60.7 Å². The number of hydrogen-bond donors (Lipinski definition) is 0. The van der Waals surface area contributed by atoms with E-state index in [0.717, 1.165) is 12.1 Å². The number of carbonyl (C=O) groups excluding carboxylic acids is 1. The Morgan fingerprint density at radius 1 is 1.09 bits per heavy atom. The molecule has 0 aliphatic heterocycles. The van der Waals surface area contributed by atoms with E-state index in [2.05, 4.69) is 6.58 Å². The van der Waals surface area contributed by atoms with Gasteiger partial charge in [-0.25, -0.2) is 4.79 Å². The monoisotopic (exact) mass is 443 g/mol. The van der Waals surface area contributed by atoms with Crippen LogP contribution in [-0.2, 0) is 15.7 Å². The maximum absolute atomic E-state index is 12.7. The maximum atomic E-state index is 12.7. The number of carbonyl (C=O) groups is 1. The van der Waals surface area contributed by atoms with Crippen molar-refractivity contribution in [1.82, 2.24) is 0 Å². The van der Waals surface area contributed by atoms with Crippen molar-refractivity contribution in [1.29, 1.82) is 5.26 Å². The van der Waals surface area contributed by atoms with Crippen molar-refractivity contribution >= 4 is 17.6 Å². The molecule has 0 aromatic heterocycles. The van der Waals surface area contributed by atoms with Crippen LogP contribution < -0.4 is 4.74 Å². The first-order chi connectivity index (χ1) is 14.8. The van der Waals surface area contributed by atoms with E-state index < -0.39 is 29.4 Å². The summed E-state index contributed by atoms with van der Waals surface area (Å²) in [7, 11) is 0. The number of benzene rings is 2. The highest BCUT2D eigenvalue weighted by atomic mass is 19.4. The van der Waals surface area contributed by atoms with Gasteiger partial charge < -0.3 is 9.47 Å². The van der Waals surface area contributed by atoms with Gasteiger partial charge in [-0.3, -0.25) is 0 Å². The summed E-state index contributed by atoms with van der Waals surface area (Å²) in [4.78, 5) is 11.8. The average Bonchev–Trinajstić information content (AvgIpc) is 2.72. The first-order valence-electron chi connectivity index (χ1n) is 9.78. The molecule has 2 aromatic carbocycles. The Hall–Kier alpha value is -3.53. The van der Waals surface area contributed by atoms with E-state index in [1.165, 1.54) is 12.1 Å². The number of nitrogens with zero attached hydrogens (tertiary/aromatic N) is 1. The van der Waals surface area contributed by atoms with Gasteiger partial charge in [-0.05, 0) is 69.2 Å². The van der Waals surface area contributed by atoms with Gasteiger partial charge in [0.05, 0.1) is 17.2 Å². The van der Waals surface area contributed by atoms with Gasteiger partial charge in [0.25, 0.3) is 0 Å². The van der Waals surface area contributed by atoms with Gasteiger partial charge in [-0.1, -0.05) is 30.8 Å². The van der Waals surface area contributed by atoms with Crippen LogP contribution in [0.5, 0.6) is 5.75 Å². The zero-order valence-corrected chi connectivity index (χ0v) is 18.3. The minimum atomic E-state index is -4.43. The fourth-order valence-electron chi connectivity index (χ4n) is 2.58. The molecular formula is C25H24F3NO3. The van der Waals surface area contributed by atoms with Gasteiger partial charge in [-0.15, -0.1) is 0 Å². The van der Waals surface area contributed by atoms with Gasteiger partial charge in [-0.2, -0.15) is 18.4 Å². The molecule has 0 fully saturated rings. The van der Waals surface area contributed by atoms with Crippen molar-refractivity contribution in [2.75, 3.05) is 0 Å². The number of hydrogen-bond acceptors (Lipinski definition) is 4. The Labute approximate surface area is 185 Å². The summed E-state index contributed by atoms with van der Waals surface area (Å²) in [5.74, 6) is 0.0281. The zero-order valence-electron chi connectivity index (χ0n) is 18.3.